The van der Waals surface area contributed by atoms with Crippen LogP contribution >= 0.6 is 11.6 Å². The van der Waals surface area contributed by atoms with Gasteiger partial charge in [-0.25, -0.2) is 14.4 Å². The van der Waals surface area contributed by atoms with Crippen LogP contribution in [0.25, 0.3) is 22.2 Å². The summed E-state index contributed by atoms with van der Waals surface area (Å²) in [6.07, 6.45) is 4.42. The van der Waals surface area contributed by atoms with Crippen LogP contribution in [0.15, 0.2) is 48.8 Å². The third kappa shape index (κ3) is 4.97. The van der Waals surface area contributed by atoms with Crippen molar-refractivity contribution in [2.75, 3.05) is 42.7 Å². The number of carbonyl (C=O) groups is 1. The molecule has 4 aromatic rings. The minimum atomic E-state index is -0.434. The van der Waals surface area contributed by atoms with E-state index in [0.717, 1.165) is 22.9 Å². The summed E-state index contributed by atoms with van der Waals surface area (Å²) in [5, 5.41) is 7.31. The number of aryl methyl sites for hydroxylation is 1. The normalized spacial score (nSPS) is 15.5. The monoisotopic (exact) mass is 521 g/mol. The van der Waals surface area contributed by atoms with Gasteiger partial charge in [0.15, 0.2) is 5.82 Å². The van der Waals surface area contributed by atoms with Crippen LogP contribution in [0.3, 0.4) is 0 Å². The number of rotatable bonds is 6. The number of hydrogen-bond acceptors (Lipinski definition) is 6. The number of aromatic nitrogens is 3. The van der Waals surface area contributed by atoms with Crippen LogP contribution in [-0.4, -0.2) is 58.6 Å². The highest BCUT2D eigenvalue weighted by Crippen LogP contribution is 2.37. The highest BCUT2D eigenvalue weighted by Gasteiger charge is 2.28. The predicted molar refractivity (Wildman–Crippen MR) is 147 cm³/mol. The van der Waals surface area contributed by atoms with Gasteiger partial charge in [0.2, 0.25) is 11.9 Å². The Kier molecular flexibility index (Phi) is 6.74. The van der Waals surface area contributed by atoms with Crippen molar-refractivity contribution < 1.29 is 9.18 Å². The lowest BCUT2D eigenvalue weighted by atomic mass is 10.1. The molecule has 2 N–H and O–H groups in total. The van der Waals surface area contributed by atoms with E-state index in [-0.39, 0.29) is 11.9 Å². The van der Waals surface area contributed by atoms with Crippen LogP contribution in [0.5, 0.6) is 0 Å². The summed E-state index contributed by atoms with van der Waals surface area (Å²) in [6, 6.07) is 11.4. The number of nitrogens with one attached hydrogen (secondary N) is 2. The lowest BCUT2D eigenvalue weighted by Crippen LogP contribution is -2.32. The summed E-state index contributed by atoms with van der Waals surface area (Å²) in [5.41, 5.74) is 3.70. The third-order valence-electron chi connectivity index (χ3n) is 6.74. The first-order valence-electron chi connectivity index (χ1n) is 12.1. The third-order valence-corrected chi connectivity index (χ3v) is 7.01. The quantitative estimate of drug-likeness (QED) is 0.360. The van der Waals surface area contributed by atoms with Gasteiger partial charge in [-0.3, -0.25) is 4.79 Å². The van der Waals surface area contributed by atoms with E-state index in [4.69, 9.17) is 11.6 Å². The molecule has 0 spiro atoms. The highest BCUT2D eigenvalue weighted by molar-refractivity contribution is 6.33. The van der Waals surface area contributed by atoms with Gasteiger partial charge in [0.05, 0.1) is 28.3 Å². The smallest absolute Gasteiger partial charge is 0.227 e. The zero-order valence-electron chi connectivity index (χ0n) is 21.2. The number of fused-ring (bicyclic) bond motifs is 1. The van der Waals surface area contributed by atoms with Crippen LogP contribution in [0, 0.1) is 5.82 Å². The second-order valence-corrected chi connectivity index (χ2v) is 9.98. The van der Waals surface area contributed by atoms with Crippen LogP contribution in [0.2, 0.25) is 5.02 Å². The van der Waals surface area contributed by atoms with Gasteiger partial charge < -0.3 is 25.0 Å². The van der Waals surface area contributed by atoms with Crippen molar-refractivity contribution in [1.29, 1.82) is 0 Å². The Morgan fingerprint density at radius 2 is 2.03 bits per heavy atom. The predicted octanol–water partition coefficient (Wildman–Crippen LogP) is 5.27. The summed E-state index contributed by atoms with van der Waals surface area (Å²) >= 11 is 6.50. The molecule has 5 rings (SSSR count). The average Bonchev–Trinajstić information content (AvgIpc) is 3.45. The molecule has 8 nitrogen and oxygen atoms in total. The second-order valence-electron chi connectivity index (χ2n) is 9.57. The number of hydrogen-bond donors (Lipinski definition) is 2. The largest absolute Gasteiger partial charge is 0.366 e. The minimum Gasteiger partial charge on any atom is -0.366 e. The van der Waals surface area contributed by atoms with Gasteiger partial charge in [-0.15, -0.1) is 0 Å². The van der Waals surface area contributed by atoms with E-state index >= 15 is 4.39 Å². The van der Waals surface area contributed by atoms with E-state index in [1.54, 1.807) is 6.07 Å². The zero-order chi connectivity index (χ0) is 26.3. The van der Waals surface area contributed by atoms with Gasteiger partial charge in [0.1, 0.15) is 0 Å². The van der Waals surface area contributed by atoms with Gasteiger partial charge in [-0.05, 0) is 38.7 Å². The van der Waals surface area contributed by atoms with Gasteiger partial charge in [0.25, 0.3) is 0 Å². The summed E-state index contributed by atoms with van der Waals surface area (Å²) in [4.78, 5) is 25.0. The Balaban J connectivity index is 1.49. The van der Waals surface area contributed by atoms with Crippen LogP contribution in [0.4, 0.5) is 27.4 Å². The molecule has 1 fully saturated rings. The van der Waals surface area contributed by atoms with E-state index in [1.165, 1.54) is 19.2 Å². The van der Waals surface area contributed by atoms with Gasteiger partial charge in [-0.1, -0.05) is 29.8 Å². The number of para-hydroxylation sites is 1. The number of halogens is 2. The van der Waals surface area contributed by atoms with Gasteiger partial charge >= 0.3 is 0 Å². The number of nitrogens with zero attached hydrogens (tertiary/aromatic N) is 5. The summed E-state index contributed by atoms with van der Waals surface area (Å²) < 4.78 is 17.5. The molecule has 0 radical (unpaired) electrons. The van der Waals surface area contributed by atoms with E-state index < -0.39 is 5.82 Å². The lowest BCUT2D eigenvalue weighted by Gasteiger charge is -2.25. The van der Waals surface area contributed by atoms with Crippen molar-refractivity contribution in [2.45, 2.75) is 19.4 Å². The molecule has 2 aromatic carbocycles. The molecule has 1 saturated heterocycles. The maximum Gasteiger partial charge on any atom is 0.227 e. The fourth-order valence-corrected chi connectivity index (χ4v) is 5.11. The molecule has 1 aliphatic rings. The van der Waals surface area contributed by atoms with E-state index in [0.29, 0.717) is 46.9 Å². The summed E-state index contributed by atoms with van der Waals surface area (Å²) in [5.74, 6) is -0.444. The molecule has 1 aliphatic heterocycles. The van der Waals surface area contributed by atoms with Gasteiger partial charge in [0, 0.05) is 61.5 Å². The number of amides is 1. The van der Waals surface area contributed by atoms with Crippen molar-refractivity contribution in [3.8, 4) is 11.3 Å². The maximum absolute atomic E-state index is 15.5. The molecule has 0 aliphatic carbocycles. The topological polar surface area (TPSA) is 78.3 Å². The molecule has 37 heavy (non-hydrogen) atoms. The molecule has 0 bridgehead atoms. The Bertz CT molecular complexity index is 1490. The first-order chi connectivity index (χ1) is 17.7. The maximum atomic E-state index is 15.5. The molecule has 1 unspecified atom stereocenters. The van der Waals surface area contributed by atoms with Crippen molar-refractivity contribution in [3.63, 3.8) is 0 Å². The molecule has 1 atom stereocenters. The highest BCUT2D eigenvalue weighted by atomic mass is 35.5. The SMILES string of the molecule is CC(=O)Nc1cc(Nc2ncc(Cl)c(-c3cn(C)c4ccccc34)n2)cc(F)c1N1CCC(N(C)C)C1. The number of benzene rings is 2. The zero-order valence-corrected chi connectivity index (χ0v) is 22.0. The Morgan fingerprint density at radius 3 is 2.76 bits per heavy atom. The second kappa shape index (κ2) is 9.99. The van der Waals surface area contributed by atoms with E-state index in [9.17, 15) is 4.79 Å². The van der Waals surface area contributed by atoms with E-state index in [2.05, 4.69) is 25.5 Å². The number of likely N-dealkylation sites (N-methyl/N-ethyl adjacent to an activating group) is 1. The lowest BCUT2D eigenvalue weighted by molar-refractivity contribution is -0.114. The molecule has 2 aromatic heterocycles. The number of carbonyl (C=O) groups excluding carboxylic acids is 1. The van der Waals surface area contributed by atoms with Crippen molar-refractivity contribution in [2.24, 2.45) is 7.05 Å². The van der Waals surface area contributed by atoms with E-state index in [1.807, 2.05) is 61.1 Å². The molecular weight excluding hydrogens is 493 g/mol. The van der Waals surface area contributed by atoms with Crippen LogP contribution < -0.4 is 15.5 Å². The van der Waals surface area contributed by atoms with Crippen molar-refractivity contribution in [1.82, 2.24) is 19.4 Å². The van der Waals surface area contributed by atoms with Crippen molar-refractivity contribution >= 4 is 51.4 Å². The molecule has 1 amide bonds. The minimum absolute atomic E-state index is 0.266. The Hall–Kier alpha value is -3.69. The molecule has 0 saturated carbocycles. The van der Waals surface area contributed by atoms with Crippen LogP contribution in [-0.2, 0) is 11.8 Å². The molecule has 3 heterocycles. The molecule has 10 heteroatoms. The fraction of sp³-hybridized carbons (Fsp3) is 0.296. The van der Waals surface area contributed by atoms with Crippen molar-refractivity contribution in [3.05, 3.63) is 59.6 Å². The average molecular weight is 522 g/mol. The first-order valence-corrected chi connectivity index (χ1v) is 12.5. The Labute approximate surface area is 220 Å². The summed E-state index contributed by atoms with van der Waals surface area (Å²) in [7, 11) is 6.00. The Morgan fingerprint density at radius 1 is 1.24 bits per heavy atom. The number of anilines is 4. The fourth-order valence-electron chi connectivity index (χ4n) is 4.92. The summed E-state index contributed by atoms with van der Waals surface area (Å²) in [6.45, 7) is 2.79. The van der Waals surface area contributed by atoms with Gasteiger partial charge in [-0.2, -0.15) is 0 Å². The van der Waals surface area contributed by atoms with Crippen LogP contribution in [0.1, 0.15) is 13.3 Å². The molecular formula is C27H29ClFN7O. The first kappa shape index (κ1) is 25.0. The standard InChI is InChI=1S/C27H29ClFN7O/c1-16(37)31-23-12-17(11-22(29)26(23)36-10-9-18(14-36)34(2)3)32-27-30-13-21(28)25(33-27)20-15-35(4)24-8-6-5-7-19(20)24/h5-8,11-13,15,18H,9-10,14H2,1-4H3,(H,31,37)(H,30,32,33). The molecule has 192 valence electrons.